The van der Waals surface area contributed by atoms with E-state index < -0.39 is 6.04 Å². The van der Waals surface area contributed by atoms with Crippen molar-refractivity contribution in [2.45, 2.75) is 19.4 Å². The van der Waals surface area contributed by atoms with Crippen molar-refractivity contribution in [1.82, 2.24) is 5.32 Å². The van der Waals surface area contributed by atoms with Crippen LogP contribution in [0.2, 0.25) is 0 Å². The van der Waals surface area contributed by atoms with Crippen LogP contribution in [0.25, 0.3) is 0 Å². The summed E-state index contributed by atoms with van der Waals surface area (Å²) in [7, 11) is 0. The third-order valence-corrected chi connectivity index (χ3v) is 3.89. The van der Waals surface area contributed by atoms with Crippen molar-refractivity contribution in [1.29, 1.82) is 0 Å². The molecule has 0 spiro atoms. The number of hydrogen-bond donors (Lipinski definition) is 2. The lowest BCUT2D eigenvalue weighted by atomic mass is 10.2. The van der Waals surface area contributed by atoms with E-state index in [0.29, 0.717) is 18.7 Å². The number of rotatable bonds is 3. The summed E-state index contributed by atoms with van der Waals surface area (Å²) >= 11 is 0. The molecule has 3 amide bonds. The number of hydrogen-bond acceptors (Lipinski definition) is 2. The third kappa shape index (κ3) is 3.51. The third-order valence-electron chi connectivity index (χ3n) is 3.89. The highest BCUT2D eigenvalue weighted by Crippen LogP contribution is 2.21. The van der Waals surface area contributed by atoms with Crippen LogP contribution in [0.5, 0.6) is 0 Å². The van der Waals surface area contributed by atoms with Gasteiger partial charge >= 0.3 is 6.03 Å². The van der Waals surface area contributed by atoms with Gasteiger partial charge in [-0.05, 0) is 37.6 Å². The fourth-order valence-corrected chi connectivity index (χ4v) is 2.64. The fraction of sp³-hybridized carbons (Fsp3) is 0.222. The Morgan fingerprint density at radius 2 is 1.78 bits per heavy atom. The van der Waals surface area contributed by atoms with Gasteiger partial charge in [0.25, 0.3) is 0 Å². The molecule has 0 aromatic heterocycles. The smallest absolute Gasteiger partial charge is 0.319 e. The van der Waals surface area contributed by atoms with Gasteiger partial charge in [0, 0.05) is 17.9 Å². The van der Waals surface area contributed by atoms with Gasteiger partial charge in [0.1, 0.15) is 6.04 Å². The first-order valence-electron chi connectivity index (χ1n) is 7.64. The number of nitrogens with zero attached hydrogens (tertiary/aromatic N) is 1. The molecule has 0 radical (unpaired) electrons. The number of amides is 3. The average molecular weight is 309 g/mol. The van der Waals surface area contributed by atoms with Crippen LogP contribution in [0.1, 0.15) is 12.0 Å². The first-order valence-corrected chi connectivity index (χ1v) is 7.64. The highest BCUT2D eigenvalue weighted by molar-refractivity contribution is 6.02. The SMILES string of the molecule is Cc1ccc(NC(=O)N[C@H]2CCN(c3ccccc3)C2=O)cc1. The Kier molecular flexibility index (Phi) is 4.28. The number of nitrogens with one attached hydrogen (secondary N) is 2. The molecule has 0 unspecified atom stereocenters. The number of aryl methyl sites for hydroxylation is 1. The maximum atomic E-state index is 12.4. The van der Waals surface area contributed by atoms with Crippen molar-refractivity contribution in [3.63, 3.8) is 0 Å². The van der Waals surface area contributed by atoms with E-state index in [1.807, 2.05) is 61.5 Å². The summed E-state index contributed by atoms with van der Waals surface area (Å²) in [6.45, 7) is 2.59. The molecule has 3 rings (SSSR count). The van der Waals surface area contributed by atoms with E-state index in [1.54, 1.807) is 4.90 Å². The highest BCUT2D eigenvalue weighted by atomic mass is 16.2. The van der Waals surface area contributed by atoms with Gasteiger partial charge in [0.2, 0.25) is 5.91 Å². The predicted molar refractivity (Wildman–Crippen MR) is 90.5 cm³/mol. The summed E-state index contributed by atoms with van der Waals surface area (Å²) in [5.74, 6) is -0.0738. The molecule has 2 N–H and O–H groups in total. The lowest BCUT2D eigenvalue weighted by molar-refractivity contribution is -0.118. The maximum Gasteiger partial charge on any atom is 0.319 e. The minimum atomic E-state index is -0.486. The molecule has 1 fully saturated rings. The van der Waals surface area contributed by atoms with Gasteiger partial charge in [0.15, 0.2) is 0 Å². The number of anilines is 2. The summed E-state index contributed by atoms with van der Waals surface area (Å²) in [6, 6.07) is 16.2. The monoisotopic (exact) mass is 309 g/mol. The van der Waals surface area contributed by atoms with Crippen LogP contribution in [0, 0.1) is 6.92 Å². The van der Waals surface area contributed by atoms with Crippen LogP contribution in [-0.2, 0) is 4.79 Å². The molecule has 2 aromatic rings. The molecule has 1 atom stereocenters. The average Bonchev–Trinajstić information content (AvgIpc) is 2.91. The van der Waals surface area contributed by atoms with Crippen LogP contribution in [0.4, 0.5) is 16.2 Å². The standard InChI is InChI=1S/C18H19N3O2/c1-13-7-9-14(10-8-13)19-18(23)20-16-11-12-21(17(16)22)15-5-3-2-4-6-15/h2-10,16H,11-12H2,1H3,(H2,19,20,23)/t16-/m0/s1. The summed E-state index contributed by atoms with van der Waals surface area (Å²) in [4.78, 5) is 26.2. The highest BCUT2D eigenvalue weighted by Gasteiger charge is 2.33. The zero-order valence-corrected chi connectivity index (χ0v) is 13.0. The second kappa shape index (κ2) is 6.52. The Labute approximate surface area is 135 Å². The molecular formula is C18H19N3O2. The van der Waals surface area contributed by atoms with Gasteiger partial charge in [-0.25, -0.2) is 4.79 Å². The molecule has 1 aliphatic rings. The summed E-state index contributed by atoms with van der Waals surface area (Å²) in [5, 5.41) is 5.50. The van der Waals surface area contributed by atoms with Crippen molar-refractivity contribution >= 4 is 23.3 Å². The van der Waals surface area contributed by atoms with Gasteiger partial charge in [-0.2, -0.15) is 0 Å². The quantitative estimate of drug-likeness (QED) is 0.916. The van der Waals surface area contributed by atoms with Gasteiger partial charge < -0.3 is 15.5 Å². The molecule has 5 nitrogen and oxygen atoms in total. The van der Waals surface area contributed by atoms with E-state index >= 15 is 0 Å². The van der Waals surface area contributed by atoms with Crippen molar-refractivity contribution in [2.75, 3.05) is 16.8 Å². The topological polar surface area (TPSA) is 61.4 Å². The van der Waals surface area contributed by atoms with Gasteiger partial charge in [0.05, 0.1) is 0 Å². The lowest BCUT2D eigenvalue weighted by Gasteiger charge is -2.17. The summed E-state index contributed by atoms with van der Waals surface area (Å²) in [5.41, 5.74) is 2.69. The Morgan fingerprint density at radius 3 is 2.48 bits per heavy atom. The molecule has 1 saturated heterocycles. The zero-order valence-electron chi connectivity index (χ0n) is 13.0. The van der Waals surface area contributed by atoms with Crippen LogP contribution in [0.15, 0.2) is 54.6 Å². The minimum Gasteiger partial charge on any atom is -0.326 e. The van der Waals surface area contributed by atoms with Crippen molar-refractivity contribution in [3.05, 3.63) is 60.2 Å². The Morgan fingerprint density at radius 1 is 1.09 bits per heavy atom. The molecule has 1 heterocycles. The van der Waals surface area contributed by atoms with Crippen molar-refractivity contribution in [2.24, 2.45) is 0 Å². The minimum absolute atomic E-state index is 0.0738. The number of carbonyl (C=O) groups is 2. The normalized spacial score (nSPS) is 17.2. The van der Waals surface area contributed by atoms with Crippen LogP contribution < -0.4 is 15.5 Å². The molecular weight excluding hydrogens is 290 g/mol. The Hall–Kier alpha value is -2.82. The first-order chi connectivity index (χ1) is 11.1. The molecule has 0 bridgehead atoms. The molecule has 0 aliphatic carbocycles. The van der Waals surface area contributed by atoms with Gasteiger partial charge in [-0.3, -0.25) is 4.79 Å². The largest absolute Gasteiger partial charge is 0.326 e. The molecule has 118 valence electrons. The molecule has 0 saturated carbocycles. The number of carbonyl (C=O) groups excluding carboxylic acids is 2. The Balaban J connectivity index is 1.59. The predicted octanol–water partition coefficient (Wildman–Crippen LogP) is 2.92. The molecule has 1 aliphatic heterocycles. The summed E-state index contributed by atoms with van der Waals surface area (Å²) < 4.78 is 0. The van der Waals surface area contributed by atoms with E-state index in [0.717, 1.165) is 11.3 Å². The number of urea groups is 1. The Bertz CT molecular complexity index is 698. The first kappa shape index (κ1) is 15.1. The second-order valence-electron chi connectivity index (χ2n) is 5.63. The van der Waals surface area contributed by atoms with Gasteiger partial charge in [-0.1, -0.05) is 35.9 Å². The van der Waals surface area contributed by atoms with Crippen molar-refractivity contribution < 1.29 is 9.59 Å². The molecule has 23 heavy (non-hydrogen) atoms. The number of para-hydroxylation sites is 1. The van der Waals surface area contributed by atoms with Crippen molar-refractivity contribution in [3.8, 4) is 0 Å². The van der Waals surface area contributed by atoms with Crippen LogP contribution in [0.3, 0.4) is 0 Å². The molecule has 5 heteroatoms. The van der Waals surface area contributed by atoms with Crippen LogP contribution in [-0.4, -0.2) is 24.5 Å². The van der Waals surface area contributed by atoms with E-state index in [2.05, 4.69) is 10.6 Å². The fourth-order valence-electron chi connectivity index (χ4n) is 2.64. The van der Waals surface area contributed by atoms with Crippen LogP contribution >= 0.6 is 0 Å². The summed E-state index contributed by atoms with van der Waals surface area (Å²) in [6.07, 6.45) is 0.606. The number of benzene rings is 2. The van der Waals surface area contributed by atoms with E-state index in [-0.39, 0.29) is 11.9 Å². The maximum absolute atomic E-state index is 12.4. The lowest BCUT2D eigenvalue weighted by Crippen LogP contribution is -2.43. The van der Waals surface area contributed by atoms with E-state index in [1.165, 1.54) is 0 Å². The second-order valence-corrected chi connectivity index (χ2v) is 5.63. The zero-order chi connectivity index (χ0) is 16.2. The van der Waals surface area contributed by atoms with Gasteiger partial charge in [-0.15, -0.1) is 0 Å². The van der Waals surface area contributed by atoms with E-state index in [9.17, 15) is 9.59 Å². The molecule has 2 aromatic carbocycles. The van der Waals surface area contributed by atoms with E-state index in [4.69, 9.17) is 0 Å².